The normalized spacial score (nSPS) is 9.53. The van der Waals surface area contributed by atoms with Crippen LogP contribution in [-0.4, -0.2) is 25.8 Å². The molecule has 0 saturated heterocycles. The van der Waals surface area contributed by atoms with E-state index in [1.54, 1.807) is 25.1 Å². The molecule has 19 heavy (non-hydrogen) atoms. The molecule has 0 aromatic heterocycles. The molecule has 0 unspecified atom stereocenters. The van der Waals surface area contributed by atoms with E-state index in [4.69, 9.17) is 19.5 Å². The summed E-state index contributed by atoms with van der Waals surface area (Å²) in [4.78, 5) is 11.2. The summed E-state index contributed by atoms with van der Waals surface area (Å²) in [6.07, 6.45) is 0.180. The van der Waals surface area contributed by atoms with Gasteiger partial charge in [-0.3, -0.25) is 4.79 Å². The van der Waals surface area contributed by atoms with Gasteiger partial charge in [-0.25, -0.2) is 0 Å². The van der Waals surface area contributed by atoms with Gasteiger partial charge in [0.1, 0.15) is 0 Å². The number of rotatable bonds is 7. The monoisotopic (exact) mass is 263 g/mol. The molecule has 0 N–H and O–H groups in total. The number of carbonyl (C=O) groups excluding carboxylic acids is 1. The lowest BCUT2D eigenvalue weighted by Gasteiger charge is -2.11. The van der Waals surface area contributed by atoms with E-state index in [-0.39, 0.29) is 19.0 Å². The average molecular weight is 263 g/mol. The molecule has 1 aromatic rings. The highest BCUT2D eigenvalue weighted by atomic mass is 16.5. The molecular formula is C14H17NO4. The maximum atomic E-state index is 11.2. The maximum absolute atomic E-state index is 11.2. The average Bonchev–Trinajstić information content (AvgIpc) is 2.41. The van der Waals surface area contributed by atoms with Crippen LogP contribution in [-0.2, 0) is 9.53 Å². The van der Waals surface area contributed by atoms with Gasteiger partial charge in [-0.05, 0) is 26.0 Å². The Balaban J connectivity index is 2.62. The second-order valence-electron chi connectivity index (χ2n) is 3.61. The van der Waals surface area contributed by atoms with Crippen molar-refractivity contribution in [2.75, 3.05) is 19.8 Å². The van der Waals surface area contributed by atoms with E-state index in [1.807, 2.05) is 13.0 Å². The Morgan fingerprint density at radius 2 is 2.00 bits per heavy atom. The Morgan fingerprint density at radius 3 is 2.63 bits per heavy atom. The number of ether oxygens (including phenoxy) is 3. The van der Waals surface area contributed by atoms with Gasteiger partial charge in [-0.1, -0.05) is 0 Å². The van der Waals surface area contributed by atoms with Crippen LogP contribution >= 0.6 is 0 Å². The largest absolute Gasteiger partial charge is 0.490 e. The van der Waals surface area contributed by atoms with Gasteiger partial charge in [-0.15, -0.1) is 0 Å². The zero-order valence-electron chi connectivity index (χ0n) is 11.1. The molecule has 0 aliphatic rings. The Bertz CT molecular complexity index is 465. The first-order valence-corrected chi connectivity index (χ1v) is 6.16. The van der Waals surface area contributed by atoms with E-state index in [0.29, 0.717) is 30.3 Å². The van der Waals surface area contributed by atoms with Crippen molar-refractivity contribution < 1.29 is 19.0 Å². The third-order valence-electron chi connectivity index (χ3n) is 2.24. The summed E-state index contributed by atoms with van der Waals surface area (Å²) in [5.74, 6) is 0.727. The number of carbonyl (C=O) groups is 1. The van der Waals surface area contributed by atoms with Crippen molar-refractivity contribution in [3.63, 3.8) is 0 Å². The van der Waals surface area contributed by atoms with Crippen LogP contribution in [0.3, 0.4) is 0 Å². The highest BCUT2D eigenvalue weighted by Gasteiger charge is 2.08. The molecule has 0 amide bonds. The lowest BCUT2D eigenvalue weighted by atomic mass is 10.2. The zero-order chi connectivity index (χ0) is 14.1. The van der Waals surface area contributed by atoms with Crippen LogP contribution < -0.4 is 9.47 Å². The molecule has 0 radical (unpaired) electrons. The number of benzene rings is 1. The summed E-state index contributed by atoms with van der Waals surface area (Å²) >= 11 is 0. The Morgan fingerprint density at radius 1 is 1.21 bits per heavy atom. The van der Waals surface area contributed by atoms with E-state index in [9.17, 15) is 4.79 Å². The van der Waals surface area contributed by atoms with Gasteiger partial charge >= 0.3 is 5.97 Å². The summed E-state index contributed by atoms with van der Waals surface area (Å²) in [5, 5.41) is 8.82. The van der Waals surface area contributed by atoms with Crippen molar-refractivity contribution >= 4 is 5.97 Å². The quantitative estimate of drug-likeness (QED) is 0.706. The molecule has 0 heterocycles. The third kappa shape index (κ3) is 4.88. The SMILES string of the molecule is CCOC(=O)CCOc1ccc(C#N)cc1OCC. The molecule has 0 atom stereocenters. The molecule has 0 aliphatic carbocycles. The Hall–Kier alpha value is -2.22. The van der Waals surface area contributed by atoms with Crippen molar-refractivity contribution in [2.24, 2.45) is 0 Å². The molecule has 0 saturated carbocycles. The minimum absolute atomic E-state index is 0.180. The fraction of sp³-hybridized carbons (Fsp3) is 0.429. The molecular weight excluding hydrogens is 246 g/mol. The topological polar surface area (TPSA) is 68.5 Å². The Kier molecular flexibility index (Phi) is 6.23. The number of esters is 1. The second kappa shape index (κ2) is 7.98. The summed E-state index contributed by atoms with van der Waals surface area (Å²) < 4.78 is 15.7. The Labute approximate surface area is 112 Å². The molecule has 0 fully saturated rings. The molecule has 1 rings (SSSR count). The number of nitriles is 1. The summed E-state index contributed by atoms with van der Waals surface area (Å²) in [6, 6.07) is 6.95. The molecule has 5 nitrogen and oxygen atoms in total. The van der Waals surface area contributed by atoms with Crippen molar-refractivity contribution in [3.8, 4) is 17.6 Å². The molecule has 0 aliphatic heterocycles. The van der Waals surface area contributed by atoms with Crippen LogP contribution in [0.5, 0.6) is 11.5 Å². The van der Waals surface area contributed by atoms with Crippen LogP contribution in [0.25, 0.3) is 0 Å². The van der Waals surface area contributed by atoms with Crippen LogP contribution in [0.4, 0.5) is 0 Å². The van der Waals surface area contributed by atoms with Crippen LogP contribution in [0.2, 0.25) is 0 Å². The first kappa shape index (κ1) is 14.8. The molecule has 0 bridgehead atoms. The van der Waals surface area contributed by atoms with Gasteiger partial charge in [0.25, 0.3) is 0 Å². The first-order chi connectivity index (χ1) is 9.21. The molecule has 5 heteroatoms. The lowest BCUT2D eigenvalue weighted by molar-refractivity contribution is -0.143. The van der Waals surface area contributed by atoms with Crippen molar-refractivity contribution in [1.29, 1.82) is 5.26 Å². The maximum Gasteiger partial charge on any atom is 0.309 e. The molecule has 102 valence electrons. The zero-order valence-corrected chi connectivity index (χ0v) is 11.1. The summed E-state index contributed by atoms with van der Waals surface area (Å²) in [5.41, 5.74) is 0.501. The van der Waals surface area contributed by atoms with Gasteiger partial charge < -0.3 is 14.2 Å². The van der Waals surface area contributed by atoms with Crippen LogP contribution in [0.1, 0.15) is 25.8 Å². The van der Waals surface area contributed by atoms with E-state index in [1.165, 1.54) is 0 Å². The lowest BCUT2D eigenvalue weighted by Crippen LogP contribution is -2.10. The predicted octanol–water partition coefficient (Wildman–Crippen LogP) is 2.29. The number of hydrogen-bond acceptors (Lipinski definition) is 5. The van der Waals surface area contributed by atoms with Crippen LogP contribution in [0.15, 0.2) is 18.2 Å². The van der Waals surface area contributed by atoms with Crippen molar-refractivity contribution in [3.05, 3.63) is 23.8 Å². The summed E-state index contributed by atoms with van der Waals surface area (Å²) in [7, 11) is 0. The number of hydrogen-bond donors (Lipinski definition) is 0. The van der Waals surface area contributed by atoms with Crippen LogP contribution in [0, 0.1) is 11.3 Å². The fourth-order valence-electron chi connectivity index (χ4n) is 1.44. The standard InChI is InChI=1S/C14H17NO4/c1-3-17-13-9-11(10-15)5-6-12(13)19-8-7-14(16)18-4-2/h5-6,9H,3-4,7-8H2,1-2H3. The van der Waals surface area contributed by atoms with E-state index >= 15 is 0 Å². The minimum Gasteiger partial charge on any atom is -0.490 e. The van der Waals surface area contributed by atoms with Gasteiger partial charge in [0.15, 0.2) is 11.5 Å². The molecule has 0 spiro atoms. The highest BCUT2D eigenvalue weighted by Crippen LogP contribution is 2.28. The van der Waals surface area contributed by atoms with E-state index in [0.717, 1.165) is 0 Å². The van der Waals surface area contributed by atoms with E-state index in [2.05, 4.69) is 0 Å². The van der Waals surface area contributed by atoms with Gasteiger partial charge in [0.2, 0.25) is 0 Å². The second-order valence-corrected chi connectivity index (χ2v) is 3.61. The van der Waals surface area contributed by atoms with Crippen molar-refractivity contribution in [1.82, 2.24) is 0 Å². The number of nitrogens with zero attached hydrogens (tertiary/aromatic N) is 1. The third-order valence-corrected chi connectivity index (χ3v) is 2.24. The summed E-state index contributed by atoms with van der Waals surface area (Å²) in [6.45, 7) is 4.65. The van der Waals surface area contributed by atoms with Gasteiger partial charge in [0.05, 0.1) is 37.9 Å². The molecule has 1 aromatic carbocycles. The minimum atomic E-state index is -0.297. The first-order valence-electron chi connectivity index (χ1n) is 6.16. The highest BCUT2D eigenvalue weighted by molar-refractivity contribution is 5.69. The van der Waals surface area contributed by atoms with E-state index < -0.39 is 0 Å². The smallest absolute Gasteiger partial charge is 0.309 e. The van der Waals surface area contributed by atoms with Crippen molar-refractivity contribution in [2.45, 2.75) is 20.3 Å². The van der Waals surface area contributed by atoms with Gasteiger partial charge in [0, 0.05) is 6.07 Å². The predicted molar refractivity (Wildman–Crippen MR) is 69.1 cm³/mol. The van der Waals surface area contributed by atoms with Gasteiger partial charge in [-0.2, -0.15) is 5.26 Å². The fourth-order valence-corrected chi connectivity index (χ4v) is 1.44.